The normalized spacial score (nSPS) is 10.6. The number of nitrogens with zero attached hydrogens (tertiary/aromatic N) is 2. The van der Waals surface area contributed by atoms with Gasteiger partial charge >= 0.3 is 0 Å². The van der Waals surface area contributed by atoms with E-state index in [-0.39, 0.29) is 0 Å². The van der Waals surface area contributed by atoms with Crippen molar-refractivity contribution in [2.45, 2.75) is 11.3 Å². The Morgan fingerprint density at radius 2 is 2.50 bits per heavy atom. The van der Waals surface area contributed by atoms with Gasteiger partial charge in [0.1, 0.15) is 5.00 Å². The van der Waals surface area contributed by atoms with Crippen molar-refractivity contribution < 1.29 is 0 Å². The van der Waals surface area contributed by atoms with E-state index in [4.69, 9.17) is 5.73 Å². The molecule has 4 N–H and O–H groups in total. The highest BCUT2D eigenvalue weighted by Gasteiger charge is 2.09. The number of rotatable bonds is 5. The van der Waals surface area contributed by atoms with Gasteiger partial charge < -0.3 is 16.0 Å². The molecule has 16 heavy (non-hydrogen) atoms. The molecule has 0 saturated heterocycles. The highest BCUT2D eigenvalue weighted by atomic mass is 32.2. The van der Waals surface area contributed by atoms with E-state index in [2.05, 4.69) is 19.7 Å². The van der Waals surface area contributed by atoms with Crippen LogP contribution in [-0.2, 0) is 6.42 Å². The first kappa shape index (κ1) is 11.3. The summed E-state index contributed by atoms with van der Waals surface area (Å²) >= 11 is 3.02. The zero-order valence-corrected chi connectivity index (χ0v) is 10.5. The SMILES string of the molecule is CSc1c(N)nsc1NCCc1cnc[nH]1. The number of hydrogen-bond acceptors (Lipinski definition) is 6. The van der Waals surface area contributed by atoms with Crippen molar-refractivity contribution in [3.8, 4) is 0 Å². The predicted octanol–water partition coefficient (Wildman–Crippen LogP) is 1.82. The van der Waals surface area contributed by atoms with Crippen molar-refractivity contribution in [2.75, 3.05) is 23.9 Å². The lowest BCUT2D eigenvalue weighted by Crippen LogP contribution is -2.04. The smallest absolute Gasteiger partial charge is 0.153 e. The molecule has 7 heteroatoms. The van der Waals surface area contributed by atoms with Gasteiger partial charge in [-0.25, -0.2) is 4.98 Å². The number of anilines is 2. The second-order valence-electron chi connectivity index (χ2n) is 3.18. The first-order valence-corrected chi connectivity index (χ1v) is 6.81. The highest BCUT2D eigenvalue weighted by molar-refractivity contribution is 7.99. The third kappa shape index (κ3) is 2.48. The molecule has 0 bridgehead atoms. The number of nitrogen functional groups attached to an aromatic ring is 1. The van der Waals surface area contributed by atoms with Gasteiger partial charge in [0.05, 0.1) is 11.2 Å². The molecule has 2 rings (SSSR count). The van der Waals surface area contributed by atoms with Crippen LogP contribution in [0, 0.1) is 0 Å². The molecule has 2 aromatic heterocycles. The first-order valence-electron chi connectivity index (χ1n) is 4.81. The lowest BCUT2D eigenvalue weighted by atomic mass is 10.3. The summed E-state index contributed by atoms with van der Waals surface area (Å²) in [5.41, 5.74) is 6.86. The Balaban J connectivity index is 1.89. The first-order chi connectivity index (χ1) is 7.81. The van der Waals surface area contributed by atoms with Gasteiger partial charge in [-0.1, -0.05) is 0 Å². The molecular formula is C9H13N5S2. The maximum absolute atomic E-state index is 5.74. The second kappa shape index (κ2) is 5.22. The molecule has 86 valence electrons. The van der Waals surface area contributed by atoms with Gasteiger partial charge in [0.25, 0.3) is 0 Å². The molecule has 0 aliphatic heterocycles. The van der Waals surface area contributed by atoms with Crippen molar-refractivity contribution in [1.82, 2.24) is 14.3 Å². The minimum atomic E-state index is 0.613. The van der Waals surface area contributed by atoms with E-state index in [1.807, 2.05) is 12.5 Å². The van der Waals surface area contributed by atoms with Gasteiger partial charge in [-0.15, -0.1) is 11.8 Å². The van der Waals surface area contributed by atoms with Gasteiger partial charge in [0.15, 0.2) is 5.82 Å². The number of nitrogens with two attached hydrogens (primary N) is 1. The van der Waals surface area contributed by atoms with Gasteiger partial charge in [-0.2, -0.15) is 4.37 Å². The van der Waals surface area contributed by atoms with E-state index < -0.39 is 0 Å². The monoisotopic (exact) mass is 255 g/mol. The zero-order valence-electron chi connectivity index (χ0n) is 8.86. The van der Waals surface area contributed by atoms with E-state index in [1.165, 1.54) is 11.5 Å². The Labute approximate surface area is 102 Å². The van der Waals surface area contributed by atoms with Crippen LogP contribution in [0.2, 0.25) is 0 Å². The van der Waals surface area contributed by atoms with Crippen LogP contribution in [0.25, 0.3) is 0 Å². The quantitative estimate of drug-likeness (QED) is 0.710. The minimum absolute atomic E-state index is 0.613. The van der Waals surface area contributed by atoms with Crippen LogP contribution in [0.15, 0.2) is 17.4 Å². The molecule has 2 heterocycles. The summed E-state index contributed by atoms with van der Waals surface area (Å²) in [5.74, 6) is 0.613. The number of nitrogens with one attached hydrogen (secondary N) is 2. The third-order valence-corrected chi connectivity index (χ3v) is 3.88. The van der Waals surface area contributed by atoms with Crippen molar-refractivity contribution in [3.05, 3.63) is 18.2 Å². The van der Waals surface area contributed by atoms with E-state index in [9.17, 15) is 0 Å². The fourth-order valence-electron chi connectivity index (χ4n) is 1.34. The Morgan fingerprint density at radius 3 is 3.19 bits per heavy atom. The number of H-pyrrole nitrogens is 1. The van der Waals surface area contributed by atoms with Crippen LogP contribution in [0.4, 0.5) is 10.8 Å². The molecule has 0 amide bonds. The average Bonchev–Trinajstić information content (AvgIpc) is 2.89. The lowest BCUT2D eigenvalue weighted by Gasteiger charge is -2.03. The van der Waals surface area contributed by atoms with Crippen molar-refractivity contribution >= 4 is 34.1 Å². The standard InChI is InChI=1S/C9H13N5S2/c1-15-7-8(10)14-16-9(7)12-3-2-6-4-11-5-13-6/h4-5,12H,2-3H2,1H3,(H2,10,14)(H,11,13). The fourth-order valence-corrected chi connectivity index (χ4v) is 2.90. The van der Waals surface area contributed by atoms with Crippen molar-refractivity contribution in [1.29, 1.82) is 0 Å². The molecule has 0 unspecified atom stereocenters. The topological polar surface area (TPSA) is 79.6 Å². The molecule has 0 aromatic carbocycles. The van der Waals surface area contributed by atoms with Gasteiger partial charge in [-0.3, -0.25) is 0 Å². The van der Waals surface area contributed by atoms with Gasteiger partial charge in [0.2, 0.25) is 0 Å². The molecule has 0 radical (unpaired) electrons. The third-order valence-electron chi connectivity index (χ3n) is 2.11. The van der Waals surface area contributed by atoms with Crippen LogP contribution in [0.5, 0.6) is 0 Å². The Morgan fingerprint density at radius 1 is 1.62 bits per heavy atom. The van der Waals surface area contributed by atoms with Crippen LogP contribution in [0.3, 0.4) is 0 Å². The summed E-state index contributed by atoms with van der Waals surface area (Å²) in [6.45, 7) is 0.845. The summed E-state index contributed by atoms with van der Waals surface area (Å²) in [5, 5.41) is 4.38. The Kier molecular flexibility index (Phi) is 3.68. The van der Waals surface area contributed by atoms with E-state index >= 15 is 0 Å². The van der Waals surface area contributed by atoms with Crippen LogP contribution < -0.4 is 11.1 Å². The number of imidazole rings is 1. The number of aromatic amines is 1. The lowest BCUT2D eigenvalue weighted by molar-refractivity contribution is 0.977. The molecule has 0 aliphatic rings. The van der Waals surface area contributed by atoms with Gasteiger partial charge in [-0.05, 0) is 17.8 Å². The molecular weight excluding hydrogens is 242 g/mol. The van der Waals surface area contributed by atoms with E-state index in [0.717, 1.165) is 28.6 Å². The molecule has 0 atom stereocenters. The van der Waals surface area contributed by atoms with E-state index in [1.54, 1.807) is 18.1 Å². The molecule has 0 fully saturated rings. The predicted molar refractivity (Wildman–Crippen MR) is 69.1 cm³/mol. The van der Waals surface area contributed by atoms with E-state index in [0.29, 0.717) is 5.82 Å². The summed E-state index contributed by atoms with van der Waals surface area (Å²) in [4.78, 5) is 8.07. The van der Waals surface area contributed by atoms with Crippen molar-refractivity contribution in [3.63, 3.8) is 0 Å². The summed E-state index contributed by atoms with van der Waals surface area (Å²) < 4.78 is 4.12. The average molecular weight is 255 g/mol. The summed E-state index contributed by atoms with van der Waals surface area (Å²) in [6, 6.07) is 0. The van der Waals surface area contributed by atoms with Gasteiger partial charge in [0, 0.05) is 24.9 Å². The second-order valence-corrected chi connectivity index (χ2v) is 4.77. The minimum Gasteiger partial charge on any atom is -0.382 e. The highest BCUT2D eigenvalue weighted by Crippen LogP contribution is 2.34. The fraction of sp³-hybridized carbons (Fsp3) is 0.333. The summed E-state index contributed by atoms with van der Waals surface area (Å²) in [6.07, 6.45) is 6.43. The number of thioether (sulfide) groups is 1. The maximum Gasteiger partial charge on any atom is 0.153 e. The van der Waals surface area contributed by atoms with Crippen LogP contribution in [-0.4, -0.2) is 27.1 Å². The molecule has 0 saturated carbocycles. The van der Waals surface area contributed by atoms with Crippen molar-refractivity contribution in [2.24, 2.45) is 0 Å². The maximum atomic E-state index is 5.74. The largest absolute Gasteiger partial charge is 0.382 e. The summed E-state index contributed by atoms with van der Waals surface area (Å²) in [7, 11) is 0. The van der Waals surface area contributed by atoms with Crippen LogP contribution in [0.1, 0.15) is 5.69 Å². The molecule has 5 nitrogen and oxygen atoms in total. The Bertz CT molecular complexity index is 437. The molecule has 2 aromatic rings. The zero-order chi connectivity index (χ0) is 11.4. The molecule has 0 spiro atoms. The number of hydrogen-bond donors (Lipinski definition) is 3. The van der Waals surface area contributed by atoms with Crippen LogP contribution >= 0.6 is 23.3 Å². The number of aromatic nitrogens is 3. The Hall–Kier alpha value is -1.21. The molecule has 0 aliphatic carbocycles.